The minimum Gasteiger partial charge on any atom is -0.352 e. The first kappa shape index (κ1) is 9.32. The van der Waals surface area contributed by atoms with E-state index in [1.807, 2.05) is 6.92 Å². The van der Waals surface area contributed by atoms with E-state index in [1.54, 1.807) is 0 Å². The number of carbonyl (C=O) groups excluding carboxylic acids is 1. The van der Waals surface area contributed by atoms with Gasteiger partial charge in [0.2, 0.25) is 0 Å². The van der Waals surface area contributed by atoms with E-state index >= 15 is 0 Å². The van der Waals surface area contributed by atoms with Crippen molar-refractivity contribution in [3.05, 3.63) is 0 Å². The van der Waals surface area contributed by atoms with Crippen LogP contribution in [0.25, 0.3) is 0 Å². The van der Waals surface area contributed by atoms with Gasteiger partial charge in [-0.2, -0.15) is 0 Å². The number of hydrogen-bond donors (Lipinski definition) is 3. The molecule has 1 fully saturated rings. The first-order chi connectivity index (χ1) is 5.70. The van der Waals surface area contributed by atoms with Gasteiger partial charge in [-0.15, -0.1) is 0 Å². The summed E-state index contributed by atoms with van der Waals surface area (Å²) in [5.74, 6) is 0.534. The molecule has 0 aromatic carbocycles. The maximum atomic E-state index is 10.5. The molecular formula is C8H17N3O. The summed E-state index contributed by atoms with van der Waals surface area (Å²) in [5, 5.41) is 6.01. The highest BCUT2D eigenvalue weighted by molar-refractivity contribution is 5.71. The molecule has 4 nitrogen and oxygen atoms in total. The highest BCUT2D eigenvalue weighted by Crippen LogP contribution is 2.13. The summed E-state index contributed by atoms with van der Waals surface area (Å²) in [4.78, 5) is 10.5. The van der Waals surface area contributed by atoms with Gasteiger partial charge in [-0.3, -0.25) is 0 Å². The van der Waals surface area contributed by atoms with Crippen LogP contribution in [0.1, 0.15) is 19.8 Å². The monoisotopic (exact) mass is 171 g/mol. The molecule has 2 atom stereocenters. The lowest BCUT2D eigenvalue weighted by molar-refractivity contribution is 0.235. The molecule has 0 aromatic heterocycles. The Kier molecular flexibility index (Phi) is 3.34. The first-order valence-corrected chi connectivity index (χ1v) is 4.47. The highest BCUT2D eigenvalue weighted by Gasteiger charge is 2.19. The summed E-state index contributed by atoms with van der Waals surface area (Å²) < 4.78 is 0. The molecule has 0 aliphatic carbocycles. The van der Waals surface area contributed by atoms with Gasteiger partial charge in [-0.25, -0.2) is 4.79 Å². The SMILES string of the molecule is CC(NC(N)=O)C1CCCNC1. The number of nitrogens with one attached hydrogen (secondary N) is 2. The normalized spacial score (nSPS) is 26.2. The topological polar surface area (TPSA) is 67.1 Å². The van der Waals surface area contributed by atoms with Crippen LogP contribution >= 0.6 is 0 Å². The maximum Gasteiger partial charge on any atom is 0.312 e. The molecule has 12 heavy (non-hydrogen) atoms. The lowest BCUT2D eigenvalue weighted by Crippen LogP contribution is -2.46. The highest BCUT2D eigenvalue weighted by atomic mass is 16.2. The Morgan fingerprint density at radius 3 is 3.00 bits per heavy atom. The molecule has 0 radical (unpaired) electrons. The van der Waals surface area contributed by atoms with Crippen LogP contribution in [0.5, 0.6) is 0 Å². The number of rotatable bonds is 2. The average molecular weight is 171 g/mol. The zero-order chi connectivity index (χ0) is 8.97. The van der Waals surface area contributed by atoms with Crippen molar-refractivity contribution >= 4 is 6.03 Å². The van der Waals surface area contributed by atoms with E-state index in [4.69, 9.17) is 5.73 Å². The van der Waals surface area contributed by atoms with Crippen molar-refractivity contribution < 1.29 is 4.79 Å². The van der Waals surface area contributed by atoms with Crippen LogP contribution in [-0.2, 0) is 0 Å². The van der Waals surface area contributed by atoms with E-state index in [0.29, 0.717) is 5.92 Å². The van der Waals surface area contributed by atoms with Crippen molar-refractivity contribution in [3.8, 4) is 0 Å². The summed E-state index contributed by atoms with van der Waals surface area (Å²) >= 11 is 0. The molecule has 1 rings (SSSR count). The third kappa shape index (κ3) is 2.70. The van der Waals surface area contributed by atoms with Gasteiger partial charge in [0.15, 0.2) is 0 Å². The summed E-state index contributed by atoms with van der Waals surface area (Å²) in [6.45, 7) is 4.09. The molecule has 70 valence electrons. The van der Waals surface area contributed by atoms with Gasteiger partial charge in [-0.1, -0.05) is 0 Å². The van der Waals surface area contributed by atoms with E-state index in [-0.39, 0.29) is 6.04 Å². The van der Waals surface area contributed by atoms with E-state index in [2.05, 4.69) is 10.6 Å². The predicted molar refractivity (Wildman–Crippen MR) is 47.8 cm³/mol. The smallest absolute Gasteiger partial charge is 0.312 e. The molecule has 1 saturated heterocycles. The summed E-state index contributed by atoms with van der Waals surface area (Å²) in [6.07, 6.45) is 2.36. The molecule has 2 amide bonds. The van der Waals surface area contributed by atoms with Crippen molar-refractivity contribution in [1.29, 1.82) is 0 Å². The minimum atomic E-state index is -0.423. The van der Waals surface area contributed by atoms with E-state index < -0.39 is 6.03 Å². The second kappa shape index (κ2) is 4.30. The Morgan fingerprint density at radius 1 is 1.75 bits per heavy atom. The number of primary amides is 1. The molecule has 1 heterocycles. The Bertz CT molecular complexity index is 154. The summed E-state index contributed by atoms with van der Waals surface area (Å²) in [5.41, 5.74) is 5.03. The fourth-order valence-electron chi connectivity index (χ4n) is 1.65. The standard InChI is InChI=1S/C8H17N3O/c1-6(11-8(9)12)7-3-2-4-10-5-7/h6-7,10H,2-5H2,1H3,(H3,9,11,12). The molecule has 0 saturated carbocycles. The summed E-state index contributed by atoms with van der Waals surface area (Å²) in [6, 6.07) is -0.233. The summed E-state index contributed by atoms with van der Waals surface area (Å²) in [7, 11) is 0. The third-order valence-electron chi connectivity index (χ3n) is 2.41. The quantitative estimate of drug-likeness (QED) is 0.549. The zero-order valence-electron chi connectivity index (χ0n) is 7.47. The number of hydrogen-bond acceptors (Lipinski definition) is 2. The van der Waals surface area contributed by atoms with Crippen molar-refractivity contribution in [2.75, 3.05) is 13.1 Å². The van der Waals surface area contributed by atoms with Crippen molar-refractivity contribution in [3.63, 3.8) is 0 Å². The maximum absolute atomic E-state index is 10.5. The lowest BCUT2D eigenvalue weighted by atomic mass is 9.93. The van der Waals surface area contributed by atoms with Crippen LogP contribution in [0, 0.1) is 5.92 Å². The van der Waals surface area contributed by atoms with E-state index in [9.17, 15) is 4.79 Å². The largest absolute Gasteiger partial charge is 0.352 e. The molecule has 0 spiro atoms. The second-order valence-electron chi connectivity index (χ2n) is 3.40. The first-order valence-electron chi connectivity index (χ1n) is 4.47. The van der Waals surface area contributed by atoms with Crippen LogP contribution in [0.2, 0.25) is 0 Å². The molecule has 0 aromatic rings. The van der Waals surface area contributed by atoms with Crippen molar-refractivity contribution in [2.45, 2.75) is 25.8 Å². The van der Waals surface area contributed by atoms with Gasteiger partial charge in [0.1, 0.15) is 0 Å². The lowest BCUT2D eigenvalue weighted by Gasteiger charge is -2.28. The Hall–Kier alpha value is -0.770. The zero-order valence-corrected chi connectivity index (χ0v) is 7.47. The number of nitrogens with two attached hydrogens (primary N) is 1. The Labute approximate surface area is 72.9 Å². The molecule has 1 aliphatic heterocycles. The van der Waals surface area contributed by atoms with Crippen LogP contribution in [0.15, 0.2) is 0 Å². The van der Waals surface area contributed by atoms with Crippen LogP contribution < -0.4 is 16.4 Å². The van der Waals surface area contributed by atoms with Gasteiger partial charge in [0.05, 0.1) is 0 Å². The van der Waals surface area contributed by atoms with Gasteiger partial charge >= 0.3 is 6.03 Å². The van der Waals surface area contributed by atoms with Crippen LogP contribution in [0.3, 0.4) is 0 Å². The number of urea groups is 1. The van der Waals surface area contributed by atoms with Crippen molar-refractivity contribution in [1.82, 2.24) is 10.6 Å². The second-order valence-corrected chi connectivity index (χ2v) is 3.40. The Balaban J connectivity index is 2.29. The Morgan fingerprint density at radius 2 is 2.50 bits per heavy atom. The van der Waals surface area contributed by atoms with E-state index in [1.165, 1.54) is 12.8 Å². The molecule has 4 heteroatoms. The molecule has 2 unspecified atom stereocenters. The fourth-order valence-corrected chi connectivity index (χ4v) is 1.65. The molecular weight excluding hydrogens is 154 g/mol. The van der Waals surface area contributed by atoms with Gasteiger partial charge in [0.25, 0.3) is 0 Å². The van der Waals surface area contributed by atoms with E-state index in [0.717, 1.165) is 13.1 Å². The minimum absolute atomic E-state index is 0.190. The third-order valence-corrected chi connectivity index (χ3v) is 2.41. The van der Waals surface area contributed by atoms with Gasteiger partial charge in [0, 0.05) is 6.04 Å². The van der Waals surface area contributed by atoms with Gasteiger partial charge < -0.3 is 16.4 Å². The molecule has 1 aliphatic rings. The molecule has 0 bridgehead atoms. The van der Waals surface area contributed by atoms with Crippen LogP contribution in [-0.4, -0.2) is 25.2 Å². The van der Waals surface area contributed by atoms with Crippen molar-refractivity contribution in [2.24, 2.45) is 11.7 Å². The fraction of sp³-hybridized carbons (Fsp3) is 0.875. The van der Waals surface area contributed by atoms with Crippen LogP contribution in [0.4, 0.5) is 4.79 Å². The number of piperidine rings is 1. The number of amides is 2. The van der Waals surface area contributed by atoms with Gasteiger partial charge in [-0.05, 0) is 38.8 Å². The molecule has 4 N–H and O–H groups in total. The number of carbonyl (C=O) groups is 1. The predicted octanol–water partition coefficient (Wildman–Crippen LogP) is 0.0428. The average Bonchev–Trinajstić information content (AvgIpc) is 2.05.